The Hall–Kier alpha value is -2.75. The van der Waals surface area contributed by atoms with Crippen molar-refractivity contribution in [2.45, 2.75) is 51.1 Å². The third-order valence-corrected chi connectivity index (χ3v) is 6.20. The van der Waals surface area contributed by atoms with Crippen LogP contribution in [0.2, 0.25) is 0 Å². The number of carbonyl (C=O) groups is 1. The molecule has 2 aromatic rings. The van der Waals surface area contributed by atoms with Crippen molar-refractivity contribution in [3.63, 3.8) is 0 Å². The number of H-pyrrole nitrogens is 1. The molecule has 0 spiro atoms. The minimum absolute atomic E-state index is 0.0962. The number of methoxy groups -OCH3 is 1. The fourth-order valence-corrected chi connectivity index (χ4v) is 4.67. The topological polar surface area (TPSA) is 80.9 Å². The summed E-state index contributed by atoms with van der Waals surface area (Å²) < 4.78 is 55.3. The number of likely N-dealkylation sites (tertiary alicyclic amines) is 1. The number of nitrogens with zero attached hydrogens (tertiary/aromatic N) is 1. The second kappa shape index (κ2) is 9.62. The molecule has 33 heavy (non-hydrogen) atoms. The maximum absolute atomic E-state index is 13.1. The molecule has 0 saturated carbocycles. The number of pyridine rings is 1. The van der Waals surface area contributed by atoms with E-state index < -0.39 is 12.1 Å². The van der Waals surface area contributed by atoms with Crippen molar-refractivity contribution in [3.05, 3.63) is 27.5 Å². The van der Waals surface area contributed by atoms with Gasteiger partial charge in [0.2, 0.25) is 5.75 Å². The van der Waals surface area contributed by atoms with Gasteiger partial charge in [0, 0.05) is 23.6 Å². The largest absolute Gasteiger partial charge is 0.491 e. The lowest BCUT2D eigenvalue weighted by Crippen LogP contribution is -2.28. The zero-order valence-corrected chi connectivity index (χ0v) is 18.5. The average Bonchev–Trinajstić information content (AvgIpc) is 3.29. The highest BCUT2D eigenvalue weighted by Gasteiger charge is 2.42. The van der Waals surface area contributed by atoms with E-state index in [4.69, 9.17) is 14.2 Å². The number of ether oxygens (including phenoxy) is 3. The van der Waals surface area contributed by atoms with Crippen LogP contribution in [-0.2, 0) is 17.6 Å². The molecule has 0 atom stereocenters. The number of fused-ring (bicyclic) bond motifs is 3. The Bertz CT molecular complexity index is 1090. The van der Waals surface area contributed by atoms with Gasteiger partial charge in [-0.1, -0.05) is 0 Å². The van der Waals surface area contributed by atoms with Gasteiger partial charge < -0.3 is 24.1 Å². The lowest BCUT2D eigenvalue weighted by molar-refractivity contribution is -0.189. The summed E-state index contributed by atoms with van der Waals surface area (Å²) in [5.74, 6) is -2.71. The molecule has 1 aliphatic heterocycles. The summed E-state index contributed by atoms with van der Waals surface area (Å²) in [6, 6.07) is 1.53. The Morgan fingerprint density at radius 1 is 1.09 bits per heavy atom. The maximum atomic E-state index is 13.1. The molecule has 1 aliphatic carbocycles. The van der Waals surface area contributed by atoms with E-state index in [-0.39, 0.29) is 33.7 Å². The number of benzene rings is 1. The summed E-state index contributed by atoms with van der Waals surface area (Å²) >= 11 is 0. The number of rotatable bonds is 7. The van der Waals surface area contributed by atoms with Gasteiger partial charge >= 0.3 is 12.1 Å². The minimum atomic E-state index is -5.19. The minimum Gasteiger partial charge on any atom is -0.490 e. The normalized spacial score (nSPS) is 16.6. The van der Waals surface area contributed by atoms with Crippen molar-refractivity contribution >= 4 is 16.9 Å². The first-order valence-corrected chi connectivity index (χ1v) is 11.2. The van der Waals surface area contributed by atoms with Crippen LogP contribution in [0.3, 0.4) is 0 Å². The molecular weight excluding hydrogens is 441 g/mol. The van der Waals surface area contributed by atoms with Crippen LogP contribution in [0.5, 0.6) is 17.2 Å². The van der Waals surface area contributed by atoms with Crippen molar-refractivity contribution in [2.75, 3.05) is 33.4 Å². The standard InChI is InChI=1S/C23H27F3N2O5/c1-31-19-17(32-12-6-11-28-9-4-5-10-28)13-16-18(20(19)33-22(30)23(24,25)26)14-7-2-3-8-15(14)21(29)27-16/h13H,2-12H2,1H3,(H,27,29). The fourth-order valence-electron chi connectivity index (χ4n) is 4.67. The lowest BCUT2D eigenvalue weighted by Gasteiger charge is -2.22. The number of aromatic nitrogens is 1. The molecule has 10 heteroatoms. The van der Waals surface area contributed by atoms with Crippen LogP contribution in [0.15, 0.2) is 10.9 Å². The number of esters is 1. The highest BCUT2D eigenvalue weighted by atomic mass is 19.4. The third-order valence-electron chi connectivity index (χ3n) is 6.20. The smallest absolute Gasteiger partial charge is 0.490 e. The van der Waals surface area contributed by atoms with Crippen molar-refractivity contribution in [1.29, 1.82) is 0 Å². The number of aryl methyl sites for hydroxylation is 1. The van der Waals surface area contributed by atoms with Crippen LogP contribution < -0.4 is 19.8 Å². The molecule has 0 unspecified atom stereocenters. The molecule has 4 rings (SSSR count). The van der Waals surface area contributed by atoms with Crippen LogP contribution >= 0.6 is 0 Å². The predicted octanol–water partition coefficient (Wildman–Crippen LogP) is 3.75. The first-order valence-electron chi connectivity index (χ1n) is 11.2. The summed E-state index contributed by atoms with van der Waals surface area (Å²) in [5.41, 5.74) is 1.04. The second-order valence-corrected chi connectivity index (χ2v) is 8.42. The van der Waals surface area contributed by atoms with Crippen LogP contribution in [0.4, 0.5) is 13.2 Å². The van der Waals surface area contributed by atoms with E-state index in [1.165, 1.54) is 26.0 Å². The summed E-state index contributed by atoms with van der Waals surface area (Å²) in [7, 11) is 1.28. The van der Waals surface area contributed by atoms with E-state index in [2.05, 4.69) is 9.88 Å². The van der Waals surface area contributed by atoms with Gasteiger partial charge in [-0.15, -0.1) is 0 Å². The number of hydrogen-bond donors (Lipinski definition) is 1. The highest BCUT2D eigenvalue weighted by Crippen LogP contribution is 2.46. The molecule has 1 aromatic heterocycles. The van der Waals surface area contributed by atoms with Crippen molar-refractivity contribution in [2.24, 2.45) is 0 Å². The maximum Gasteiger partial charge on any atom is 0.491 e. The Morgan fingerprint density at radius 2 is 1.79 bits per heavy atom. The third kappa shape index (κ3) is 4.95. The average molecular weight is 468 g/mol. The number of aromatic amines is 1. The van der Waals surface area contributed by atoms with Crippen molar-refractivity contribution in [3.8, 4) is 17.2 Å². The molecule has 1 N–H and O–H groups in total. The summed E-state index contributed by atoms with van der Waals surface area (Å²) in [4.78, 5) is 29.4. The zero-order chi connectivity index (χ0) is 23.6. The van der Waals surface area contributed by atoms with Gasteiger partial charge in [0.1, 0.15) is 0 Å². The SMILES string of the molecule is COc1c(OCCCN2CCCC2)cc2[nH]c(=O)c3c(c2c1OC(=O)C(F)(F)F)CCCC3. The molecule has 2 aliphatic rings. The first kappa shape index (κ1) is 23.4. The van der Waals surface area contributed by atoms with Gasteiger partial charge in [0.25, 0.3) is 5.56 Å². The molecule has 0 bridgehead atoms. The molecule has 180 valence electrons. The Balaban J connectivity index is 1.74. The molecular formula is C23H27F3N2O5. The number of carbonyl (C=O) groups excluding carboxylic acids is 1. The second-order valence-electron chi connectivity index (χ2n) is 8.42. The molecule has 1 fully saturated rings. The first-order chi connectivity index (χ1) is 15.8. The van der Waals surface area contributed by atoms with Crippen molar-refractivity contribution in [1.82, 2.24) is 9.88 Å². The monoisotopic (exact) mass is 468 g/mol. The van der Waals surface area contributed by atoms with Gasteiger partial charge in [0.05, 0.1) is 19.2 Å². The van der Waals surface area contributed by atoms with Crippen LogP contribution in [0.25, 0.3) is 10.9 Å². The lowest BCUT2D eigenvalue weighted by atomic mass is 9.89. The van der Waals surface area contributed by atoms with Crippen molar-refractivity contribution < 1.29 is 32.2 Å². The highest BCUT2D eigenvalue weighted by molar-refractivity contribution is 5.96. The number of halogens is 3. The number of nitrogens with one attached hydrogen (secondary N) is 1. The van der Waals surface area contributed by atoms with Crippen LogP contribution in [0, 0.1) is 0 Å². The van der Waals surface area contributed by atoms with E-state index in [1.807, 2.05) is 0 Å². The summed E-state index contributed by atoms with van der Waals surface area (Å²) in [6.07, 6.45) is 0.432. The Kier molecular flexibility index (Phi) is 6.83. The van der Waals surface area contributed by atoms with E-state index in [9.17, 15) is 22.8 Å². The predicted molar refractivity (Wildman–Crippen MR) is 115 cm³/mol. The number of hydrogen-bond acceptors (Lipinski definition) is 6. The van der Waals surface area contributed by atoms with Crippen LogP contribution in [-0.4, -0.2) is 55.4 Å². The fraction of sp³-hybridized carbons (Fsp3) is 0.565. The number of alkyl halides is 3. The quantitative estimate of drug-likeness (QED) is 0.379. The van der Waals surface area contributed by atoms with E-state index in [0.29, 0.717) is 37.0 Å². The van der Waals surface area contributed by atoms with E-state index >= 15 is 0 Å². The van der Waals surface area contributed by atoms with Gasteiger partial charge in [-0.05, 0) is 63.6 Å². The molecule has 2 heterocycles. The Morgan fingerprint density at radius 3 is 2.45 bits per heavy atom. The van der Waals surface area contributed by atoms with Gasteiger partial charge in [-0.2, -0.15) is 13.2 Å². The summed E-state index contributed by atoms with van der Waals surface area (Å²) in [6.45, 7) is 3.22. The Labute approximate surface area is 188 Å². The zero-order valence-electron chi connectivity index (χ0n) is 18.5. The summed E-state index contributed by atoms with van der Waals surface area (Å²) in [5, 5.41) is 0.253. The van der Waals surface area contributed by atoms with Gasteiger partial charge in [-0.3, -0.25) is 4.79 Å². The molecule has 7 nitrogen and oxygen atoms in total. The molecule has 1 aromatic carbocycles. The molecule has 1 saturated heterocycles. The van der Waals surface area contributed by atoms with Gasteiger partial charge in [-0.25, -0.2) is 4.79 Å². The molecule has 0 radical (unpaired) electrons. The van der Waals surface area contributed by atoms with Gasteiger partial charge in [0.15, 0.2) is 11.5 Å². The van der Waals surface area contributed by atoms with E-state index in [1.54, 1.807) is 0 Å². The van der Waals surface area contributed by atoms with Crippen LogP contribution in [0.1, 0.15) is 43.2 Å². The van der Waals surface area contributed by atoms with E-state index in [0.717, 1.165) is 32.5 Å². The molecule has 0 amide bonds.